The van der Waals surface area contributed by atoms with Gasteiger partial charge >= 0.3 is 12.1 Å². The molecule has 0 saturated heterocycles. The van der Waals surface area contributed by atoms with Crippen molar-refractivity contribution < 1.29 is 29.0 Å². The van der Waals surface area contributed by atoms with E-state index in [1.165, 1.54) is 7.11 Å². The Bertz CT molecular complexity index is 1000. The second-order valence-electron chi connectivity index (χ2n) is 8.53. The van der Waals surface area contributed by atoms with E-state index in [-0.39, 0.29) is 25.6 Å². The van der Waals surface area contributed by atoms with Crippen LogP contribution in [0.1, 0.15) is 42.7 Å². The number of alkyl carbamates (subject to hydrolysis) is 1. The van der Waals surface area contributed by atoms with Crippen LogP contribution in [-0.4, -0.2) is 55.0 Å². The number of carbonyl (C=O) groups excluding carboxylic acids is 2. The second-order valence-corrected chi connectivity index (χ2v) is 8.53. The van der Waals surface area contributed by atoms with Crippen LogP contribution in [0.2, 0.25) is 0 Å². The van der Waals surface area contributed by atoms with Gasteiger partial charge in [-0.15, -0.1) is 0 Å². The van der Waals surface area contributed by atoms with E-state index in [1.807, 2.05) is 36.4 Å². The molecule has 0 heterocycles. The molecule has 4 rings (SSSR count). The minimum absolute atomic E-state index is 0.0975. The van der Waals surface area contributed by atoms with Crippen LogP contribution in [0, 0.1) is 0 Å². The van der Waals surface area contributed by atoms with Gasteiger partial charge in [-0.1, -0.05) is 48.5 Å². The van der Waals surface area contributed by atoms with Crippen molar-refractivity contribution in [3.63, 3.8) is 0 Å². The lowest BCUT2D eigenvalue weighted by molar-refractivity contribution is -0.152. The molecule has 2 aliphatic rings. The van der Waals surface area contributed by atoms with Crippen molar-refractivity contribution in [3.8, 4) is 11.1 Å². The molecule has 3 N–H and O–H groups in total. The van der Waals surface area contributed by atoms with Crippen molar-refractivity contribution >= 4 is 18.0 Å². The summed E-state index contributed by atoms with van der Waals surface area (Å²) in [5.41, 5.74) is 3.17. The van der Waals surface area contributed by atoms with Crippen LogP contribution in [0.25, 0.3) is 11.1 Å². The van der Waals surface area contributed by atoms with Gasteiger partial charge in [0, 0.05) is 26.1 Å². The fourth-order valence-corrected chi connectivity index (χ4v) is 4.53. The minimum atomic E-state index is -1.26. The van der Waals surface area contributed by atoms with Gasteiger partial charge in [-0.25, -0.2) is 9.59 Å². The van der Waals surface area contributed by atoms with Gasteiger partial charge in [-0.05, 0) is 41.5 Å². The van der Waals surface area contributed by atoms with Crippen molar-refractivity contribution in [2.75, 3.05) is 20.3 Å². The first kappa shape index (κ1) is 22.8. The minimum Gasteiger partial charge on any atom is -0.480 e. The highest BCUT2D eigenvalue weighted by atomic mass is 16.5. The molecule has 2 aliphatic carbocycles. The van der Waals surface area contributed by atoms with E-state index in [0.717, 1.165) is 28.7 Å². The van der Waals surface area contributed by atoms with Gasteiger partial charge in [-0.2, -0.15) is 0 Å². The largest absolute Gasteiger partial charge is 0.480 e. The molecule has 2 aromatic carbocycles. The molecular formula is C25H28N2O6. The highest BCUT2D eigenvalue weighted by Gasteiger charge is 2.46. The van der Waals surface area contributed by atoms with Crippen molar-refractivity contribution in [2.45, 2.75) is 43.2 Å². The Hall–Kier alpha value is -3.39. The molecule has 33 heavy (non-hydrogen) atoms. The van der Waals surface area contributed by atoms with E-state index < -0.39 is 29.6 Å². The zero-order chi connectivity index (χ0) is 23.4. The maximum Gasteiger partial charge on any atom is 0.407 e. The average molecular weight is 453 g/mol. The molecule has 0 aliphatic heterocycles. The van der Waals surface area contributed by atoms with E-state index in [4.69, 9.17) is 9.47 Å². The van der Waals surface area contributed by atoms with Crippen molar-refractivity contribution in [2.24, 2.45) is 0 Å². The van der Waals surface area contributed by atoms with E-state index in [9.17, 15) is 19.5 Å². The van der Waals surface area contributed by atoms with Gasteiger partial charge in [0.05, 0.1) is 0 Å². The number of hydrogen-bond acceptors (Lipinski definition) is 5. The summed E-state index contributed by atoms with van der Waals surface area (Å²) in [7, 11) is 1.49. The summed E-state index contributed by atoms with van der Waals surface area (Å²) in [6, 6.07) is 15.1. The molecule has 1 atom stereocenters. The highest BCUT2D eigenvalue weighted by molar-refractivity contribution is 5.92. The Morgan fingerprint density at radius 3 is 2.18 bits per heavy atom. The lowest BCUT2D eigenvalue weighted by atomic mass is 9.76. The number of hydrogen-bond donors (Lipinski definition) is 3. The normalized spacial score (nSPS) is 16.6. The molecule has 1 unspecified atom stereocenters. The number of rotatable bonds is 9. The predicted molar refractivity (Wildman–Crippen MR) is 121 cm³/mol. The Balaban J connectivity index is 1.41. The average Bonchev–Trinajstić information content (AvgIpc) is 3.11. The number of methoxy groups -OCH3 is 1. The van der Waals surface area contributed by atoms with Crippen LogP contribution < -0.4 is 10.6 Å². The van der Waals surface area contributed by atoms with Crippen LogP contribution in [0.15, 0.2) is 48.5 Å². The molecule has 2 amide bonds. The van der Waals surface area contributed by atoms with Crippen molar-refractivity contribution in [3.05, 3.63) is 59.7 Å². The maximum absolute atomic E-state index is 12.8. The summed E-state index contributed by atoms with van der Waals surface area (Å²) < 4.78 is 10.6. The van der Waals surface area contributed by atoms with Crippen molar-refractivity contribution in [1.82, 2.24) is 10.6 Å². The number of carbonyl (C=O) groups is 3. The zero-order valence-electron chi connectivity index (χ0n) is 18.5. The lowest BCUT2D eigenvalue weighted by Crippen LogP contribution is -2.62. The predicted octanol–water partition coefficient (Wildman–Crippen LogP) is 3.05. The topological polar surface area (TPSA) is 114 Å². The summed E-state index contributed by atoms with van der Waals surface area (Å²) in [5, 5.41) is 14.7. The second kappa shape index (κ2) is 9.62. The van der Waals surface area contributed by atoms with Crippen LogP contribution >= 0.6 is 0 Å². The Labute approximate surface area is 192 Å². The number of benzene rings is 2. The fourth-order valence-electron chi connectivity index (χ4n) is 4.53. The molecule has 0 radical (unpaired) electrons. The van der Waals surface area contributed by atoms with Gasteiger partial charge in [0.1, 0.15) is 18.2 Å². The number of carboxylic acid groups (broad SMARTS) is 1. The van der Waals surface area contributed by atoms with Crippen LogP contribution in [-0.2, 0) is 19.1 Å². The molecule has 8 nitrogen and oxygen atoms in total. The van der Waals surface area contributed by atoms with Gasteiger partial charge in [0.15, 0.2) is 0 Å². The number of carboxylic acids is 1. The number of ether oxygens (including phenoxy) is 2. The number of nitrogens with one attached hydrogen (secondary N) is 2. The van der Waals surface area contributed by atoms with E-state index in [1.54, 1.807) is 0 Å². The van der Waals surface area contributed by atoms with Gasteiger partial charge in [0.25, 0.3) is 0 Å². The van der Waals surface area contributed by atoms with Crippen LogP contribution in [0.3, 0.4) is 0 Å². The Kier molecular flexibility index (Phi) is 6.65. The third-order valence-electron chi connectivity index (χ3n) is 6.54. The Morgan fingerprint density at radius 1 is 1.06 bits per heavy atom. The third kappa shape index (κ3) is 4.57. The SMILES string of the molecule is COCCC(NC(=O)OCC1c2ccccc2-c2ccccc21)C(=O)NC1(C(=O)O)CCC1. The van der Waals surface area contributed by atoms with E-state index in [0.29, 0.717) is 12.8 Å². The summed E-state index contributed by atoms with van der Waals surface area (Å²) in [6.45, 7) is 0.347. The Morgan fingerprint density at radius 2 is 1.67 bits per heavy atom. The third-order valence-corrected chi connectivity index (χ3v) is 6.54. The molecule has 0 bridgehead atoms. The first-order chi connectivity index (χ1) is 15.9. The zero-order valence-corrected chi connectivity index (χ0v) is 18.5. The maximum atomic E-state index is 12.8. The smallest absolute Gasteiger partial charge is 0.407 e. The van der Waals surface area contributed by atoms with Gasteiger partial charge < -0.3 is 25.2 Å². The van der Waals surface area contributed by atoms with Crippen LogP contribution in [0.5, 0.6) is 0 Å². The first-order valence-electron chi connectivity index (χ1n) is 11.1. The molecule has 0 spiro atoms. The first-order valence-corrected chi connectivity index (χ1v) is 11.1. The highest BCUT2D eigenvalue weighted by Crippen LogP contribution is 2.44. The molecule has 1 saturated carbocycles. The quantitative estimate of drug-likeness (QED) is 0.539. The standard InChI is InChI=1S/C25H28N2O6/c1-32-14-11-21(22(28)27-25(23(29)30)12-6-13-25)26-24(31)33-15-20-18-9-4-2-7-16(18)17-8-3-5-10-19(17)20/h2-5,7-10,20-21H,6,11-15H2,1H3,(H,26,31)(H,27,28)(H,29,30). The molecule has 8 heteroatoms. The number of amides is 2. The van der Waals surface area contributed by atoms with Crippen LogP contribution in [0.4, 0.5) is 4.79 Å². The summed E-state index contributed by atoms with van der Waals surface area (Å²) in [4.78, 5) is 37.0. The van der Waals surface area contributed by atoms with Gasteiger partial charge in [-0.3, -0.25) is 4.79 Å². The molecule has 0 aromatic heterocycles. The number of aliphatic carboxylic acids is 1. The molecule has 2 aromatic rings. The lowest BCUT2D eigenvalue weighted by Gasteiger charge is -2.39. The molecule has 174 valence electrons. The van der Waals surface area contributed by atoms with Crippen molar-refractivity contribution in [1.29, 1.82) is 0 Å². The van der Waals surface area contributed by atoms with E-state index in [2.05, 4.69) is 22.8 Å². The summed E-state index contributed by atoms with van der Waals surface area (Å²) in [5.74, 6) is -1.71. The summed E-state index contributed by atoms with van der Waals surface area (Å²) >= 11 is 0. The van der Waals surface area contributed by atoms with E-state index >= 15 is 0 Å². The van der Waals surface area contributed by atoms with Gasteiger partial charge in [0.2, 0.25) is 5.91 Å². The fraction of sp³-hybridized carbons (Fsp3) is 0.400. The molecular weight excluding hydrogens is 424 g/mol. The molecule has 1 fully saturated rings. The monoisotopic (exact) mass is 452 g/mol. The summed E-state index contributed by atoms with van der Waals surface area (Å²) in [6.07, 6.45) is 0.940. The number of fused-ring (bicyclic) bond motifs is 3.